The van der Waals surface area contributed by atoms with Crippen LogP contribution < -0.4 is 0 Å². The van der Waals surface area contributed by atoms with Gasteiger partial charge < -0.3 is 4.74 Å². The van der Waals surface area contributed by atoms with E-state index in [1.807, 2.05) is 13.8 Å². The van der Waals surface area contributed by atoms with E-state index in [-0.39, 0.29) is 17.3 Å². The van der Waals surface area contributed by atoms with Crippen molar-refractivity contribution in [3.63, 3.8) is 0 Å². The third kappa shape index (κ3) is 4.04. The van der Waals surface area contributed by atoms with Crippen LogP contribution in [0, 0.1) is 40.4 Å². The molecule has 3 nitrogen and oxygen atoms in total. The molecule has 4 aliphatic rings. The second-order valence-electron chi connectivity index (χ2n) is 10.9. The van der Waals surface area contributed by atoms with Crippen LogP contribution in [0.5, 0.6) is 0 Å². The Morgan fingerprint density at radius 1 is 1.03 bits per heavy atom. The van der Waals surface area contributed by atoms with Crippen LogP contribution in [-0.4, -0.2) is 18.9 Å². The van der Waals surface area contributed by atoms with Gasteiger partial charge in [0.05, 0.1) is 7.11 Å². The van der Waals surface area contributed by atoms with Gasteiger partial charge >= 0.3 is 5.97 Å². The summed E-state index contributed by atoms with van der Waals surface area (Å²) >= 11 is 0. The Morgan fingerprint density at radius 2 is 1.74 bits per heavy atom. The van der Waals surface area contributed by atoms with Crippen molar-refractivity contribution in [3.05, 3.63) is 11.6 Å². The van der Waals surface area contributed by atoms with Gasteiger partial charge in [0, 0.05) is 12.3 Å². The first kappa shape index (κ1) is 24.5. The number of carbonyl (C=O) groups is 2. The average molecular weight is 431 g/mol. The smallest absolute Gasteiger partial charge is 0.305 e. The van der Waals surface area contributed by atoms with Crippen molar-refractivity contribution in [2.24, 2.45) is 40.4 Å². The molecule has 4 rings (SSSR count). The quantitative estimate of drug-likeness (QED) is 0.351. The fourth-order valence-corrected chi connectivity index (χ4v) is 8.44. The first-order chi connectivity index (χ1) is 14.9. The van der Waals surface area contributed by atoms with Crippen LogP contribution >= 0.6 is 0 Å². The molecule has 0 aromatic carbocycles. The maximum atomic E-state index is 13.8. The van der Waals surface area contributed by atoms with Crippen LogP contribution in [0.1, 0.15) is 105 Å². The Hall–Kier alpha value is -1.12. The number of allylic oxidation sites excluding steroid dienone is 2. The summed E-state index contributed by atoms with van der Waals surface area (Å²) in [7, 11) is 1.48. The molecule has 0 aromatic rings. The number of esters is 1. The Kier molecular flexibility index (Phi) is 7.75. The Bertz CT molecular complexity index is 694. The molecule has 176 valence electrons. The molecule has 0 spiro atoms. The van der Waals surface area contributed by atoms with Gasteiger partial charge in [0.2, 0.25) is 0 Å². The van der Waals surface area contributed by atoms with Crippen LogP contribution in [0.25, 0.3) is 0 Å². The Balaban J connectivity index is 0.00000132. The monoisotopic (exact) mass is 430 g/mol. The molecule has 0 aliphatic heterocycles. The molecule has 7 atom stereocenters. The number of fused-ring (bicyclic) bond motifs is 5. The number of ether oxygens (including phenoxy) is 1. The first-order valence-corrected chi connectivity index (χ1v) is 13.1. The van der Waals surface area contributed by atoms with Crippen LogP contribution in [-0.2, 0) is 14.3 Å². The number of ketones is 1. The van der Waals surface area contributed by atoms with Crippen LogP contribution in [0.2, 0.25) is 0 Å². The lowest BCUT2D eigenvalue weighted by molar-refractivity contribution is -0.145. The third-order valence-electron chi connectivity index (χ3n) is 10.0. The highest BCUT2D eigenvalue weighted by atomic mass is 16.5. The summed E-state index contributed by atoms with van der Waals surface area (Å²) in [4.78, 5) is 25.3. The van der Waals surface area contributed by atoms with Gasteiger partial charge in [-0.2, -0.15) is 0 Å². The summed E-state index contributed by atoms with van der Waals surface area (Å²) in [5.74, 6) is 2.92. The number of hydrogen-bond acceptors (Lipinski definition) is 3. The Morgan fingerprint density at radius 3 is 2.42 bits per heavy atom. The summed E-state index contributed by atoms with van der Waals surface area (Å²) in [6.07, 6.45) is 14.8. The van der Waals surface area contributed by atoms with Gasteiger partial charge in [0.1, 0.15) is 0 Å². The molecule has 0 heterocycles. The summed E-state index contributed by atoms with van der Waals surface area (Å²) in [5, 5.41) is 0. The summed E-state index contributed by atoms with van der Waals surface area (Å²) in [5.41, 5.74) is 1.76. The molecule has 31 heavy (non-hydrogen) atoms. The van der Waals surface area contributed by atoms with E-state index in [2.05, 4.69) is 26.8 Å². The molecule has 0 radical (unpaired) electrons. The second kappa shape index (κ2) is 9.79. The van der Waals surface area contributed by atoms with Gasteiger partial charge in [-0.1, -0.05) is 46.6 Å². The number of hydrogen-bond donors (Lipinski definition) is 0. The molecule has 7 unspecified atom stereocenters. The minimum atomic E-state index is -0.0927. The van der Waals surface area contributed by atoms with E-state index in [0.717, 1.165) is 12.8 Å². The fourth-order valence-electron chi connectivity index (χ4n) is 8.44. The predicted octanol–water partition coefficient (Wildman–Crippen LogP) is 7.14. The van der Waals surface area contributed by atoms with Crippen LogP contribution in [0.4, 0.5) is 0 Å². The first-order valence-electron chi connectivity index (χ1n) is 13.1. The van der Waals surface area contributed by atoms with E-state index < -0.39 is 0 Å². The zero-order valence-corrected chi connectivity index (χ0v) is 21.0. The van der Waals surface area contributed by atoms with Gasteiger partial charge in [0.25, 0.3) is 0 Å². The van der Waals surface area contributed by atoms with Crippen molar-refractivity contribution >= 4 is 11.8 Å². The van der Waals surface area contributed by atoms with Crippen molar-refractivity contribution in [2.75, 3.05) is 7.11 Å². The summed E-state index contributed by atoms with van der Waals surface area (Å²) < 4.78 is 4.83. The van der Waals surface area contributed by atoms with E-state index in [1.54, 1.807) is 0 Å². The lowest BCUT2D eigenvalue weighted by Crippen LogP contribution is -2.57. The van der Waals surface area contributed by atoms with E-state index in [0.29, 0.717) is 41.3 Å². The molecule has 0 aromatic heterocycles. The predicted molar refractivity (Wildman–Crippen MR) is 127 cm³/mol. The molecule has 0 bridgehead atoms. The van der Waals surface area contributed by atoms with Crippen molar-refractivity contribution in [2.45, 2.75) is 105 Å². The topological polar surface area (TPSA) is 43.4 Å². The van der Waals surface area contributed by atoms with Gasteiger partial charge in [0.15, 0.2) is 5.78 Å². The van der Waals surface area contributed by atoms with Crippen molar-refractivity contribution in [1.82, 2.24) is 0 Å². The Labute approximate surface area is 190 Å². The fraction of sp³-hybridized carbons (Fsp3) is 0.857. The molecule has 4 fully saturated rings. The maximum Gasteiger partial charge on any atom is 0.305 e. The van der Waals surface area contributed by atoms with E-state index in [1.165, 1.54) is 64.0 Å². The van der Waals surface area contributed by atoms with Crippen molar-refractivity contribution in [1.29, 1.82) is 0 Å². The van der Waals surface area contributed by atoms with Crippen molar-refractivity contribution in [3.8, 4) is 0 Å². The largest absolute Gasteiger partial charge is 0.469 e. The highest BCUT2D eigenvalue weighted by molar-refractivity contribution is 5.99. The molecule has 0 saturated heterocycles. The number of rotatable bonds is 4. The minimum absolute atomic E-state index is 0.0927. The zero-order valence-electron chi connectivity index (χ0n) is 21.0. The average Bonchev–Trinajstić information content (AvgIpc) is 3.11. The molecule has 4 saturated carbocycles. The zero-order chi connectivity index (χ0) is 22.8. The van der Waals surface area contributed by atoms with Gasteiger partial charge in [-0.15, -0.1) is 0 Å². The number of carbonyl (C=O) groups excluding carboxylic acids is 2. The third-order valence-corrected chi connectivity index (χ3v) is 10.0. The number of methoxy groups -OCH3 is 1. The molecule has 4 aliphatic carbocycles. The maximum absolute atomic E-state index is 13.8. The molecule has 0 N–H and O–H groups in total. The van der Waals surface area contributed by atoms with E-state index in [4.69, 9.17) is 4.74 Å². The second-order valence-corrected chi connectivity index (χ2v) is 10.9. The normalized spacial score (nSPS) is 42.7. The van der Waals surface area contributed by atoms with Gasteiger partial charge in [-0.3, -0.25) is 9.59 Å². The molecule has 3 heteroatoms. The molecule has 0 amide bonds. The highest BCUT2D eigenvalue weighted by Crippen LogP contribution is 2.67. The van der Waals surface area contributed by atoms with Crippen LogP contribution in [0.15, 0.2) is 11.6 Å². The van der Waals surface area contributed by atoms with Gasteiger partial charge in [-0.05, 0) is 98.4 Å². The molecular formula is C28H46O3. The van der Waals surface area contributed by atoms with E-state index >= 15 is 0 Å². The summed E-state index contributed by atoms with van der Waals surface area (Å²) in [6, 6.07) is 0. The molecular weight excluding hydrogens is 384 g/mol. The van der Waals surface area contributed by atoms with Crippen LogP contribution in [0.3, 0.4) is 0 Å². The lowest BCUT2D eigenvalue weighted by atomic mass is 9.43. The van der Waals surface area contributed by atoms with Crippen molar-refractivity contribution < 1.29 is 14.3 Å². The summed E-state index contributed by atoms with van der Waals surface area (Å²) in [6.45, 7) is 11.1. The van der Waals surface area contributed by atoms with E-state index in [9.17, 15) is 9.59 Å². The standard InChI is InChI=1S/C26H40O3.C2H6/c1-5-18-19-10-6-7-15-26(19,3)21-14-16-25(2)17(9-8-11-22(27)29-4)12-13-20(25)23(21)24(18)28;1-2/h5,17,19-21,23H,6-16H2,1-4H3;1-2H3/b18-5+;. The minimum Gasteiger partial charge on any atom is -0.469 e. The highest BCUT2D eigenvalue weighted by Gasteiger charge is 2.63. The lowest BCUT2D eigenvalue weighted by Gasteiger charge is -2.60. The number of Topliss-reactive ketones (excluding diaryl/α,β-unsaturated/α-hetero) is 1. The SMILES string of the molecule is C/C=C1/C(=O)C2C3CCC(CCCC(=O)OC)C3(C)CCC2C2(C)CCCCC12.CC. The van der Waals surface area contributed by atoms with Gasteiger partial charge in [-0.25, -0.2) is 0 Å².